The Kier molecular flexibility index (Phi) is 5.24. The summed E-state index contributed by atoms with van der Waals surface area (Å²) in [5.41, 5.74) is 3.01. The number of carbonyl (C=O) groups is 1. The van der Waals surface area contributed by atoms with E-state index >= 15 is 0 Å². The van der Waals surface area contributed by atoms with Crippen molar-refractivity contribution >= 4 is 6.03 Å². The SMILES string of the molecule is O=C(NCCc1ccccc1)NCc1cncc(-c2ccco2)c1. The zero-order valence-corrected chi connectivity index (χ0v) is 13.2. The maximum atomic E-state index is 11.9. The highest BCUT2D eigenvalue weighted by Crippen LogP contribution is 2.19. The normalized spacial score (nSPS) is 10.3. The van der Waals surface area contributed by atoms with E-state index in [2.05, 4.69) is 15.6 Å². The molecule has 0 aliphatic carbocycles. The number of hydrogen-bond donors (Lipinski definition) is 2. The van der Waals surface area contributed by atoms with Gasteiger partial charge in [0.1, 0.15) is 5.76 Å². The number of amides is 2. The molecule has 0 atom stereocenters. The summed E-state index contributed by atoms with van der Waals surface area (Å²) in [6.07, 6.45) is 5.91. The van der Waals surface area contributed by atoms with E-state index in [4.69, 9.17) is 4.42 Å². The first-order valence-corrected chi connectivity index (χ1v) is 7.85. The molecule has 3 rings (SSSR count). The molecule has 1 aromatic carbocycles. The van der Waals surface area contributed by atoms with Crippen LogP contribution in [0.2, 0.25) is 0 Å². The fourth-order valence-electron chi connectivity index (χ4n) is 2.37. The van der Waals surface area contributed by atoms with Crippen molar-refractivity contribution in [3.05, 3.63) is 78.3 Å². The largest absolute Gasteiger partial charge is 0.464 e. The first-order chi connectivity index (χ1) is 11.8. The summed E-state index contributed by atoms with van der Waals surface area (Å²) in [7, 11) is 0. The standard InChI is InChI=1S/C19H19N3O2/c23-19(21-9-8-15-5-2-1-3-6-15)22-13-16-11-17(14-20-12-16)18-7-4-10-24-18/h1-7,10-12,14H,8-9,13H2,(H2,21,22,23). The molecule has 2 aromatic heterocycles. The second-order valence-electron chi connectivity index (χ2n) is 5.40. The lowest BCUT2D eigenvalue weighted by molar-refractivity contribution is 0.240. The van der Waals surface area contributed by atoms with Gasteiger partial charge in [-0.05, 0) is 35.7 Å². The van der Waals surface area contributed by atoms with Crippen molar-refractivity contribution < 1.29 is 9.21 Å². The maximum absolute atomic E-state index is 11.9. The van der Waals surface area contributed by atoms with Gasteiger partial charge in [-0.2, -0.15) is 0 Å². The molecule has 2 heterocycles. The van der Waals surface area contributed by atoms with Crippen LogP contribution in [0, 0.1) is 0 Å². The zero-order chi connectivity index (χ0) is 16.6. The Labute approximate surface area is 140 Å². The van der Waals surface area contributed by atoms with Crippen LogP contribution in [0.4, 0.5) is 4.79 Å². The molecule has 2 amide bonds. The van der Waals surface area contributed by atoms with E-state index in [1.54, 1.807) is 18.7 Å². The maximum Gasteiger partial charge on any atom is 0.315 e. The van der Waals surface area contributed by atoms with Gasteiger partial charge in [0.05, 0.1) is 6.26 Å². The average molecular weight is 321 g/mol. The Morgan fingerprint density at radius 3 is 2.67 bits per heavy atom. The fourth-order valence-corrected chi connectivity index (χ4v) is 2.37. The summed E-state index contributed by atoms with van der Waals surface area (Å²) in [6, 6.07) is 15.5. The van der Waals surface area contributed by atoms with E-state index in [9.17, 15) is 4.79 Å². The molecule has 0 bridgehead atoms. The summed E-state index contributed by atoms with van der Waals surface area (Å²) in [5.74, 6) is 0.761. The number of nitrogens with one attached hydrogen (secondary N) is 2. The number of hydrogen-bond acceptors (Lipinski definition) is 3. The van der Waals surface area contributed by atoms with E-state index in [1.807, 2.05) is 48.5 Å². The molecule has 5 heteroatoms. The summed E-state index contributed by atoms with van der Waals surface area (Å²) in [4.78, 5) is 16.0. The number of pyridine rings is 1. The number of rotatable bonds is 6. The molecule has 0 saturated heterocycles. The predicted octanol–water partition coefficient (Wildman–Crippen LogP) is 3.38. The molecular formula is C19H19N3O2. The van der Waals surface area contributed by atoms with E-state index in [0.29, 0.717) is 13.1 Å². The molecule has 0 aliphatic heterocycles. The van der Waals surface area contributed by atoms with Crippen LogP contribution in [0.1, 0.15) is 11.1 Å². The van der Waals surface area contributed by atoms with Crippen molar-refractivity contribution in [2.24, 2.45) is 0 Å². The summed E-state index contributed by atoms with van der Waals surface area (Å²) in [6.45, 7) is 1.01. The van der Waals surface area contributed by atoms with E-state index in [0.717, 1.165) is 23.3 Å². The minimum Gasteiger partial charge on any atom is -0.464 e. The summed E-state index contributed by atoms with van der Waals surface area (Å²) >= 11 is 0. The molecule has 5 nitrogen and oxygen atoms in total. The Balaban J connectivity index is 1.45. The van der Waals surface area contributed by atoms with Gasteiger partial charge in [0.2, 0.25) is 0 Å². The Hall–Kier alpha value is -3.08. The van der Waals surface area contributed by atoms with Crippen molar-refractivity contribution in [3.63, 3.8) is 0 Å². The van der Waals surface area contributed by atoms with Gasteiger partial charge >= 0.3 is 6.03 Å². The third kappa shape index (κ3) is 4.46. The number of aromatic nitrogens is 1. The quantitative estimate of drug-likeness (QED) is 0.731. The van der Waals surface area contributed by atoms with Crippen molar-refractivity contribution in [2.45, 2.75) is 13.0 Å². The fraction of sp³-hybridized carbons (Fsp3) is 0.158. The van der Waals surface area contributed by atoms with Crippen LogP contribution in [0.3, 0.4) is 0 Å². The van der Waals surface area contributed by atoms with Crippen LogP contribution in [-0.4, -0.2) is 17.6 Å². The smallest absolute Gasteiger partial charge is 0.315 e. The molecule has 24 heavy (non-hydrogen) atoms. The lowest BCUT2D eigenvalue weighted by Gasteiger charge is -2.08. The number of urea groups is 1. The molecule has 0 spiro atoms. The average Bonchev–Trinajstić information content (AvgIpc) is 3.16. The van der Waals surface area contributed by atoms with Crippen molar-refractivity contribution in [1.82, 2.24) is 15.6 Å². The highest BCUT2D eigenvalue weighted by Gasteiger charge is 2.04. The Morgan fingerprint density at radius 2 is 1.88 bits per heavy atom. The molecule has 122 valence electrons. The van der Waals surface area contributed by atoms with Crippen molar-refractivity contribution in [2.75, 3.05) is 6.54 Å². The summed E-state index contributed by atoms with van der Waals surface area (Å²) in [5, 5.41) is 5.69. The second kappa shape index (κ2) is 7.97. The van der Waals surface area contributed by atoms with Gasteiger partial charge in [0.25, 0.3) is 0 Å². The molecule has 0 saturated carbocycles. The van der Waals surface area contributed by atoms with Crippen LogP contribution in [0.25, 0.3) is 11.3 Å². The summed E-state index contributed by atoms with van der Waals surface area (Å²) < 4.78 is 5.36. The van der Waals surface area contributed by atoms with Gasteiger partial charge in [0.15, 0.2) is 0 Å². The number of nitrogens with zero attached hydrogens (tertiary/aromatic N) is 1. The zero-order valence-electron chi connectivity index (χ0n) is 13.2. The predicted molar refractivity (Wildman–Crippen MR) is 92.3 cm³/mol. The van der Waals surface area contributed by atoms with Gasteiger partial charge in [-0.1, -0.05) is 30.3 Å². The van der Waals surface area contributed by atoms with Gasteiger partial charge in [0, 0.05) is 31.0 Å². The van der Waals surface area contributed by atoms with Crippen LogP contribution >= 0.6 is 0 Å². The van der Waals surface area contributed by atoms with Gasteiger partial charge in [-0.15, -0.1) is 0 Å². The third-order valence-electron chi connectivity index (χ3n) is 3.60. The van der Waals surface area contributed by atoms with Crippen LogP contribution in [0.5, 0.6) is 0 Å². The molecule has 0 unspecified atom stereocenters. The van der Waals surface area contributed by atoms with Gasteiger partial charge in [-0.3, -0.25) is 4.98 Å². The Morgan fingerprint density at radius 1 is 1.00 bits per heavy atom. The third-order valence-corrected chi connectivity index (χ3v) is 3.60. The minimum atomic E-state index is -0.186. The van der Waals surface area contributed by atoms with E-state index in [1.165, 1.54) is 5.56 Å². The van der Waals surface area contributed by atoms with Crippen LogP contribution in [-0.2, 0) is 13.0 Å². The highest BCUT2D eigenvalue weighted by atomic mass is 16.3. The van der Waals surface area contributed by atoms with Crippen molar-refractivity contribution in [1.29, 1.82) is 0 Å². The Bertz CT molecular complexity index is 770. The topological polar surface area (TPSA) is 67.2 Å². The van der Waals surface area contributed by atoms with Gasteiger partial charge < -0.3 is 15.1 Å². The number of benzene rings is 1. The molecule has 0 fully saturated rings. The molecule has 2 N–H and O–H groups in total. The van der Waals surface area contributed by atoms with Gasteiger partial charge in [-0.25, -0.2) is 4.79 Å². The molecular weight excluding hydrogens is 302 g/mol. The second-order valence-corrected chi connectivity index (χ2v) is 5.40. The van der Waals surface area contributed by atoms with E-state index < -0.39 is 0 Å². The number of furan rings is 1. The minimum absolute atomic E-state index is 0.186. The number of carbonyl (C=O) groups excluding carboxylic acids is 1. The highest BCUT2D eigenvalue weighted by molar-refractivity contribution is 5.73. The van der Waals surface area contributed by atoms with Crippen LogP contribution < -0.4 is 10.6 Å². The molecule has 3 aromatic rings. The first-order valence-electron chi connectivity index (χ1n) is 7.85. The van der Waals surface area contributed by atoms with Crippen LogP contribution in [0.15, 0.2) is 71.6 Å². The first kappa shape index (κ1) is 15.8. The monoisotopic (exact) mass is 321 g/mol. The molecule has 0 aliphatic rings. The lowest BCUT2D eigenvalue weighted by atomic mass is 10.1. The lowest BCUT2D eigenvalue weighted by Crippen LogP contribution is -2.36. The van der Waals surface area contributed by atoms with Crippen molar-refractivity contribution in [3.8, 4) is 11.3 Å². The van der Waals surface area contributed by atoms with E-state index in [-0.39, 0.29) is 6.03 Å². The molecule has 0 radical (unpaired) electrons.